The fraction of sp³-hybridized carbons (Fsp3) is 0.0877. The molecule has 11 rings (SSSR count). The number of aryl methyl sites for hydroxylation is 4. The summed E-state index contributed by atoms with van der Waals surface area (Å²) in [6.45, 7) is 8.62. The second-order valence-corrected chi connectivity index (χ2v) is 16.4. The van der Waals surface area contributed by atoms with Crippen molar-refractivity contribution < 1.29 is 0 Å². The van der Waals surface area contributed by atoms with Gasteiger partial charge < -0.3 is 9.80 Å². The van der Waals surface area contributed by atoms with Gasteiger partial charge in [-0.2, -0.15) is 0 Å². The molecule has 0 saturated carbocycles. The summed E-state index contributed by atoms with van der Waals surface area (Å²) in [5.74, 6) is 0. The molecule has 0 atom stereocenters. The van der Waals surface area contributed by atoms with Gasteiger partial charge in [0.05, 0.1) is 11.1 Å². The molecule has 0 unspecified atom stereocenters. The summed E-state index contributed by atoms with van der Waals surface area (Å²) >= 11 is 0. The number of anilines is 6. The largest absolute Gasteiger partial charge is 0.310 e. The Morgan fingerprint density at radius 3 is 1.22 bits per heavy atom. The first kappa shape index (κ1) is 35.0. The number of hydrogen-bond donors (Lipinski definition) is 0. The molecular weight excluding hydrogens is 713 g/mol. The average Bonchev–Trinajstić information content (AvgIpc) is 3.56. The Morgan fingerprint density at radius 2 is 0.712 bits per heavy atom. The van der Waals surface area contributed by atoms with Gasteiger partial charge in [-0.1, -0.05) is 150 Å². The van der Waals surface area contributed by atoms with Crippen molar-refractivity contribution >= 4 is 44.9 Å². The smallest absolute Gasteiger partial charge is 0.0726 e. The number of benzene rings is 9. The van der Waals surface area contributed by atoms with Crippen molar-refractivity contribution in [3.8, 4) is 22.3 Å². The molecule has 0 N–H and O–H groups in total. The molecule has 0 fully saturated rings. The van der Waals surface area contributed by atoms with E-state index in [1.165, 1.54) is 77.5 Å². The van der Waals surface area contributed by atoms with Crippen LogP contribution in [0.3, 0.4) is 0 Å². The van der Waals surface area contributed by atoms with Gasteiger partial charge >= 0.3 is 0 Å². The molecule has 1 spiro atoms. The molecule has 2 aliphatic carbocycles. The van der Waals surface area contributed by atoms with Gasteiger partial charge in [0.25, 0.3) is 0 Å². The maximum absolute atomic E-state index is 2.49. The van der Waals surface area contributed by atoms with Crippen LogP contribution in [-0.2, 0) is 5.41 Å². The maximum Gasteiger partial charge on any atom is 0.0726 e. The third kappa shape index (κ3) is 5.33. The zero-order valence-corrected chi connectivity index (χ0v) is 33.9. The summed E-state index contributed by atoms with van der Waals surface area (Å²) in [7, 11) is 0. The van der Waals surface area contributed by atoms with Crippen molar-refractivity contribution in [1.29, 1.82) is 0 Å². The second-order valence-electron chi connectivity index (χ2n) is 16.4. The summed E-state index contributed by atoms with van der Waals surface area (Å²) in [4.78, 5) is 4.85. The van der Waals surface area contributed by atoms with Crippen molar-refractivity contribution in [3.05, 3.63) is 239 Å². The SMILES string of the molecule is Cc1ccc(N(c2ccc(C)cc2)c2ccc3c(c2)C2(c4ccccc4-c4ccccc42)c2cccc4c(N(c5ccc(C)cc5)c5ccc(C)cc5)ccc-3c24)cc1. The third-order valence-electron chi connectivity index (χ3n) is 12.7. The van der Waals surface area contributed by atoms with E-state index in [1.54, 1.807) is 0 Å². The molecule has 0 aromatic heterocycles. The number of fused-ring (bicyclic) bond motifs is 9. The normalized spacial score (nSPS) is 12.9. The average molecular weight is 757 g/mol. The first-order valence-electron chi connectivity index (χ1n) is 20.7. The minimum Gasteiger partial charge on any atom is -0.310 e. The molecule has 2 heteroatoms. The first-order valence-corrected chi connectivity index (χ1v) is 20.7. The molecule has 2 nitrogen and oxygen atoms in total. The summed E-state index contributed by atoms with van der Waals surface area (Å²) in [5.41, 5.74) is 21.7. The van der Waals surface area contributed by atoms with Crippen LogP contribution in [-0.4, -0.2) is 0 Å². The molecule has 282 valence electrons. The lowest BCUT2D eigenvalue weighted by molar-refractivity contribution is 0.773. The Hall–Kier alpha value is -7.16. The molecule has 0 amide bonds. The van der Waals surface area contributed by atoms with Crippen LogP contribution in [0.25, 0.3) is 33.0 Å². The van der Waals surface area contributed by atoms with E-state index in [4.69, 9.17) is 0 Å². The van der Waals surface area contributed by atoms with Crippen LogP contribution >= 0.6 is 0 Å². The Bertz CT molecular complexity index is 2930. The van der Waals surface area contributed by atoms with E-state index in [2.05, 4.69) is 232 Å². The van der Waals surface area contributed by atoms with E-state index in [0.29, 0.717) is 0 Å². The second kappa shape index (κ2) is 13.5. The number of rotatable bonds is 6. The lowest BCUT2D eigenvalue weighted by atomic mass is 9.61. The lowest BCUT2D eigenvalue weighted by Crippen LogP contribution is -2.32. The van der Waals surface area contributed by atoms with Crippen molar-refractivity contribution in [2.45, 2.75) is 33.1 Å². The fourth-order valence-corrected chi connectivity index (χ4v) is 9.95. The van der Waals surface area contributed by atoms with Crippen LogP contribution in [0, 0.1) is 27.7 Å². The number of hydrogen-bond acceptors (Lipinski definition) is 2. The Balaban J connectivity index is 1.23. The molecule has 59 heavy (non-hydrogen) atoms. The van der Waals surface area contributed by atoms with Gasteiger partial charge in [0.2, 0.25) is 0 Å². The van der Waals surface area contributed by atoms with Crippen molar-refractivity contribution in [2.24, 2.45) is 0 Å². The first-order chi connectivity index (χ1) is 28.9. The van der Waals surface area contributed by atoms with Gasteiger partial charge in [-0.15, -0.1) is 0 Å². The van der Waals surface area contributed by atoms with Gasteiger partial charge in [-0.25, -0.2) is 0 Å². The third-order valence-corrected chi connectivity index (χ3v) is 12.7. The van der Waals surface area contributed by atoms with Gasteiger partial charge in [0, 0.05) is 33.8 Å². The number of nitrogens with zero attached hydrogens (tertiary/aromatic N) is 2. The van der Waals surface area contributed by atoms with Gasteiger partial charge in [-0.3, -0.25) is 0 Å². The highest BCUT2D eigenvalue weighted by molar-refractivity contribution is 6.12. The quantitative estimate of drug-likeness (QED) is 0.167. The molecule has 0 bridgehead atoms. The zero-order chi connectivity index (χ0) is 39.8. The minimum absolute atomic E-state index is 0.561. The summed E-state index contributed by atoms with van der Waals surface area (Å²) in [6.07, 6.45) is 0. The predicted octanol–water partition coefficient (Wildman–Crippen LogP) is 15.4. The highest BCUT2D eigenvalue weighted by Crippen LogP contribution is 2.63. The van der Waals surface area contributed by atoms with E-state index in [9.17, 15) is 0 Å². The van der Waals surface area contributed by atoms with E-state index >= 15 is 0 Å². The topological polar surface area (TPSA) is 6.48 Å². The summed E-state index contributed by atoms with van der Waals surface area (Å²) < 4.78 is 0. The standard InChI is InChI=1S/C57H44N2/c1-37-16-24-41(25-17-37)58(42-26-18-38(2)19-27-42)45-32-33-48-49-34-35-55(59(43-28-20-39(3)21-29-43)44-30-22-40(4)23-31-44)50-12-9-15-53(56(49)50)57(54(48)36-45)51-13-7-5-10-46(51)47-11-6-8-14-52(47)57/h5-36H,1-4H3. The Labute approximate surface area is 347 Å². The van der Waals surface area contributed by atoms with Gasteiger partial charge in [0.1, 0.15) is 0 Å². The molecule has 0 saturated heterocycles. The van der Waals surface area contributed by atoms with Crippen molar-refractivity contribution in [3.63, 3.8) is 0 Å². The molecule has 0 heterocycles. The zero-order valence-electron chi connectivity index (χ0n) is 33.9. The van der Waals surface area contributed by atoms with E-state index < -0.39 is 5.41 Å². The highest BCUT2D eigenvalue weighted by Gasteiger charge is 2.50. The van der Waals surface area contributed by atoms with Crippen LogP contribution < -0.4 is 9.80 Å². The molecule has 0 radical (unpaired) electrons. The maximum atomic E-state index is 2.49. The van der Waals surface area contributed by atoms with Crippen LogP contribution in [0.1, 0.15) is 44.5 Å². The highest BCUT2D eigenvalue weighted by atomic mass is 15.1. The molecule has 2 aliphatic rings. The van der Waals surface area contributed by atoms with Gasteiger partial charge in [0.15, 0.2) is 0 Å². The van der Waals surface area contributed by atoms with Gasteiger partial charge in [-0.05, 0) is 144 Å². The Kier molecular flexibility index (Phi) is 8.00. The van der Waals surface area contributed by atoms with Crippen molar-refractivity contribution in [2.75, 3.05) is 9.80 Å². The van der Waals surface area contributed by atoms with E-state index in [-0.39, 0.29) is 0 Å². The molecule has 9 aromatic rings. The predicted molar refractivity (Wildman–Crippen MR) is 249 cm³/mol. The Morgan fingerprint density at radius 1 is 0.305 bits per heavy atom. The van der Waals surface area contributed by atoms with Crippen LogP contribution in [0.4, 0.5) is 34.1 Å². The monoisotopic (exact) mass is 756 g/mol. The molecule has 9 aromatic carbocycles. The van der Waals surface area contributed by atoms with Crippen LogP contribution in [0.2, 0.25) is 0 Å². The molecule has 0 aliphatic heterocycles. The molecular formula is C57H44N2. The summed E-state index contributed by atoms with van der Waals surface area (Å²) in [5, 5.41) is 2.54. The minimum atomic E-state index is -0.561. The van der Waals surface area contributed by atoms with Crippen LogP contribution in [0.15, 0.2) is 194 Å². The van der Waals surface area contributed by atoms with E-state index in [1.807, 2.05) is 0 Å². The summed E-state index contributed by atoms with van der Waals surface area (Å²) in [6, 6.07) is 72.9. The van der Waals surface area contributed by atoms with E-state index in [0.717, 1.165) is 34.1 Å². The van der Waals surface area contributed by atoms with Crippen molar-refractivity contribution in [1.82, 2.24) is 0 Å². The van der Waals surface area contributed by atoms with Crippen LogP contribution in [0.5, 0.6) is 0 Å². The lowest BCUT2D eigenvalue weighted by Gasteiger charge is -2.41. The fourth-order valence-electron chi connectivity index (χ4n) is 9.95.